The minimum absolute atomic E-state index is 0.00906. The molecule has 0 radical (unpaired) electrons. The van der Waals surface area contributed by atoms with E-state index < -0.39 is 0 Å². The van der Waals surface area contributed by atoms with Crippen LogP contribution in [0.4, 0.5) is 0 Å². The molecule has 4 heteroatoms. The maximum Gasteiger partial charge on any atom is 0.121 e. The lowest BCUT2D eigenvalue weighted by Crippen LogP contribution is -2.46. The van der Waals surface area contributed by atoms with E-state index in [4.69, 9.17) is 14.9 Å². The average molecular weight is 238 g/mol. The van der Waals surface area contributed by atoms with Crippen molar-refractivity contribution < 1.29 is 9.15 Å². The summed E-state index contributed by atoms with van der Waals surface area (Å²) in [6.45, 7) is 5.64. The van der Waals surface area contributed by atoms with Crippen LogP contribution in [0.5, 0.6) is 0 Å². The van der Waals surface area contributed by atoms with Gasteiger partial charge in [0.25, 0.3) is 0 Å². The third-order valence-corrected chi connectivity index (χ3v) is 3.65. The van der Waals surface area contributed by atoms with E-state index in [1.807, 2.05) is 6.07 Å². The first-order valence-electron chi connectivity index (χ1n) is 6.20. The van der Waals surface area contributed by atoms with Gasteiger partial charge in [-0.2, -0.15) is 0 Å². The number of methoxy groups -OCH3 is 1. The summed E-state index contributed by atoms with van der Waals surface area (Å²) in [5, 5.41) is 0. The highest BCUT2D eigenvalue weighted by Gasteiger charge is 2.30. The number of rotatable bonds is 4. The molecule has 0 spiro atoms. The number of hydrogen-bond acceptors (Lipinski definition) is 4. The van der Waals surface area contributed by atoms with E-state index in [2.05, 4.69) is 11.8 Å². The number of likely N-dealkylation sites (tertiary alicyclic amines) is 1. The Morgan fingerprint density at radius 1 is 1.59 bits per heavy atom. The highest BCUT2D eigenvalue weighted by atomic mass is 16.5. The molecule has 0 saturated carbocycles. The summed E-state index contributed by atoms with van der Waals surface area (Å²) in [5.74, 6) is 0.898. The van der Waals surface area contributed by atoms with Crippen LogP contribution >= 0.6 is 0 Å². The predicted octanol–water partition coefficient (Wildman–Crippen LogP) is 1.74. The van der Waals surface area contributed by atoms with Gasteiger partial charge in [0.05, 0.1) is 18.4 Å². The van der Waals surface area contributed by atoms with E-state index in [1.165, 1.54) is 12.0 Å². The van der Waals surface area contributed by atoms with Gasteiger partial charge in [0.2, 0.25) is 0 Å². The first-order chi connectivity index (χ1) is 8.17. The molecule has 96 valence electrons. The van der Waals surface area contributed by atoms with Gasteiger partial charge >= 0.3 is 0 Å². The first-order valence-corrected chi connectivity index (χ1v) is 6.20. The standard InChI is InChI=1S/C13H22N2O2/c1-13(16-2)5-3-6-15(10-13)9-11-4-7-17-12(11)8-14/h4,7H,3,5-6,8-10,14H2,1-2H3. The second kappa shape index (κ2) is 5.21. The van der Waals surface area contributed by atoms with Crippen molar-refractivity contribution >= 4 is 0 Å². The molecule has 1 aliphatic rings. The normalized spacial score (nSPS) is 26.3. The minimum Gasteiger partial charge on any atom is -0.468 e. The maximum absolute atomic E-state index is 5.64. The topological polar surface area (TPSA) is 51.6 Å². The summed E-state index contributed by atoms with van der Waals surface area (Å²) < 4.78 is 10.9. The van der Waals surface area contributed by atoms with E-state index in [-0.39, 0.29) is 5.60 Å². The van der Waals surface area contributed by atoms with E-state index in [0.29, 0.717) is 6.54 Å². The van der Waals surface area contributed by atoms with Crippen molar-refractivity contribution in [3.63, 3.8) is 0 Å². The lowest BCUT2D eigenvalue weighted by atomic mass is 9.94. The van der Waals surface area contributed by atoms with Crippen LogP contribution in [-0.4, -0.2) is 30.7 Å². The minimum atomic E-state index is -0.00906. The summed E-state index contributed by atoms with van der Waals surface area (Å²) in [7, 11) is 1.80. The molecular formula is C13H22N2O2. The molecule has 0 bridgehead atoms. The molecule has 2 heterocycles. The van der Waals surface area contributed by atoms with Gasteiger partial charge in [0, 0.05) is 25.8 Å². The van der Waals surface area contributed by atoms with Crippen molar-refractivity contribution in [2.75, 3.05) is 20.2 Å². The summed E-state index contributed by atoms with van der Waals surface area (Å²) in [6, 6.07) is 2.01. The molecule has 1 aromatic heterocycles. The van der Waals surface area contributed by atoms with Gasteiger partial charge in [-0.1, -0.05) is 0 Å². The number of nitrogens with zero attached hydrogens (tertiary/aromatic N) is 1. The van der Waals surface area contributed by atoms with Crippen LogP contribution in [0.3, 0.4) is 0 Å². The van der Waals surface area contributed by atoms with Gasteiger partial charge in [-0.25, -0.2) is 0 Å². The highest BCUT2D eigenvalue weighted by molar-refractivity contribution is 5.16. The fourth-order valence-corrected chi connectivity index (χ4v) is 2.54. The van der Waals surface area contributed by atoms with Gasteiger partial charge < -0.3 is 14.9 Å². The average Bonchev–Trinajstić information content (AvgIpc) is 2.76. The number of hydrogen-bond donors (Lipinski definition) is 1. The molecule has 1 fully saturated rings. The molecule has 1 atom stereocenters. The molecular weight excluding hydrogens is 216 g/mol. The number of piperidine rings is 1. The fraction of sp³-hybridized carbons (Fsp3) is 0.692. The quantitative estimate of drug-likeness (QED) is 0.868. The molecule has 1 aromatic rings. The Labute approximate surface area is 103 Å². The Bertz CT molecular complexity index is 364. The molecule has 0 amide bonds. The van der Waals surface area contributed by atoms with Crippen molar-refractivity contribution in [3.8, 4) is 0 Å². The molecule has 1 unspecified atom stereocenters. The molecule has 4 nitrogen and oxygen atoms in total. The molecule has 1 aliphatic heterocycles. The van der Waals surface area contributed by atoms with Gasteiger partial charge in [-0.15, -0.1) is 0 Å². The van der Waals surface area contributed by atoms with E-state index in [0.717, 1.165) is 31.8 Å². The first kappa shape index (κ1) is 12.6. The van der Waals surface area contributed by atoms with Crippen LogP contribution in [-0.2, 0) is 17.8 Å². The lowest BCUT2D eigenvalue weighted by molar-refractivity contribution is -0.0527. The van der Waals surface area contributed by atoms with Crippen LogP contribution in [0.15, 0.2) is 16.7 Å². The molecule has 17 heavy (non-hydrogen) atoms. The van der Waals surface area contributed by atoms with E-state index in [1.54, 1.807) is 13.4 Å². The number of furan rings is 1. The third kappa shape index (κ3) is 2.89. The Balaban J connectivity index is 1.99. The van der Waals surface area contributed by atoms with Gasteiger partial charge in [0.1, 0.15) is 5.76 Å². The molecule has 2 rings (SSSR count). The monoisotopic (exact) mass is 238 g/mol. The van der Waals surface area contributed by atoms with Crippen LogP contribution < -0.4 is 5.73 Å². The van der Waals surface area contributed by atoms with Crippen LogP contribution in [0.2, 0.25) is 0 Å². The Kier molecular flexibility index (Phi) is 3.86. The number of nitrogens with two attached hydrogens (primary N) is 1. The van der Waals surface area contributed by atoms with E-state index in [9.17, 15) is 0 Å². The predicted molar refractivity (Wildman–Crippen MR) is 66.5 cm³/mol. The fourth-order valence-electron chi connectivity index (χ4n) is 2.54. The molecule has 0 aliphatic carbocycles. The third-order valence-electron chi connectivity index (χ3n) is 3.65. The molecule has 2 N–H and O–H groups in total. The van der Waals surface area contributed by atoms with Crippen molar-refractivity contribution in [3.05, 3.63) is 23.7 Å². The second-order valence-corrected chi connectivity index (χ2v) is 5.04. The zero-order valence-electron chi connectivity index (χ0n) is 10.7. The largest absolute Gasteiger partial charge is 0.468 e. The second-order valence-electron chi connectivity index (χ2n) is 5.04. The highest BCUT2D eigenvalue weighted by Crippen LogP contribution is 2.25. The van der Waals surface area contributed by atoms with Crippen LogP contribution in [0.25, 0.3) is 0 Å². The van der Waals surface area contributed by atoms with E-state index >= 15 is 0 Å². The summed E-state index contributed by atoms with van der Waals surface area (Å²) in [5.41, 5.74) is 6.84. The van der Waals surface area contributed by atoms with Crippen molar-refractivity contribution in [1.29, 1.82) is 0 Å². The Morgan fingerprint density at radius 3 is 3.12 bits per heavy atom. The Morgan fingerprint density at radius 2 is 2.41 bits per heavy atom. The smallest absolute Gasteiger partial charge is 0.121 e. The molecule has 1 saturated heterocycles. The lowest BCUT2D eigenvalue weighted by Gasteiger charge is -2.39. The van der Waals surface area contributed by atoms with Gasteiger partial charge in [-0.05, 0) is 32.4 Å². The summed E-state index contributed by atoms with van der Waals surface area (Å²) >= 11 is 0. The van der Waals surface area contributed by atoms with Crippen molar-refractivity contribution in [2.45, 2.75) is 38.5 Å². The summed E-state index contributed by atoms with van der Waals surface area (Å²) in [4.78, 5) is 2.41. The van der Waals surface area contributed by atoms with Gasteiger partial charge in [0.15, 0.2) is 0 Å². The van der Waals surface area contributed by atoms with Crippen molar-refractivity contribution in [2.24, 2.45) is 5.73 Å². The van der Waals surface area contributed by atoms with Crippen LogP contribution in [0.1, 0.15) is 31.1 Å². The van der Waals surface area contributed by atoms with Crippen LogP contribution in [0, 0.1) is 0 Å². The summed E-state index contributed by atoms with van der Waals surface area (Å²) in [6.07, 6.45) is 4.03. The Hall–Kier alpha value is -0.840. The van der Waals surface area contributed by atoms with Crippen molar-refractivity contribution in [1.82, 2.24) is 4.90 Å². The van der Waals surface area contributed by atoms with Gasteiger partial charge in [-0.3, -0.25) is 4.90 Å². The number of ether oxygens (including phenoxy) is 1. The SMILES string of the molecule is COC1(C)CCCN(Cc2ccoc2CN)C1. The maximum atomic E-state index is 5.64. The zero-order valence-corrected chi connectivity index (χ0v) is 10.7. The molecule has 0 aromatic carbocycles. The zero-order chi connectivity index (χ0) is 12.3.